The normalized spacial score (nSPS) is 12.6. The smallest absolute Gasteiger partial charge is 0.333 e. The highest BCUT2D eigenvalue weighted by Gasteiger charge is 2.07. The van der Waals surface area contributed by atoms with E-state index in [1.54, 1.807) is 6.92 Å². The minimum atomic E-state index is -0.986. The van der Waals surface area contributed by atoms with Gasteiger partial charge in [-0.1, -0.05) is 0 Å². The van der Waals surface area contributed by atoms with Gasteiger partial charge in [-0.05, 0) is 13.3 Å². The Bertz CT molecular complexity index is 161. The fourth-order valence-corrected chi connectivity index (χ4v) is 0.756. The maximum absolute atomic E-state index is 10.3. The maximum Gasteiger partial charge on any atom is 0.333 e. The van der Waals surface area contributed by atoms with Gasteiger partial charge in [-0.25, -0.2) is 4.79 Å². The highest BCUT2D eigenvalue weighted by Crippen LogP contribution is 2.05. The highest BCUT2D eigenvalue weighted by atomic mass is 35.5. The molecule has 0 aliphatic heterocycles. The van der Waals surface area contributed by atoms with E-state index in [1.165, 1.54) is 0 Å². The van der Waals surface area contributed by atoms with Gasteiger partial charge in [0.25, 0.3) is 0 Å². The molecule has 58 valence electrons. The van der Waals surface area contributed by atoms with Gasteiger partial charge in [-0.3, -0.25) is 0 Å². The number of aliphatic carboxylic acids is 1. The molecular formula is C6H10ClNO2. The molecule has 0 saturated heterocycles. The number of halogens is 1. The monoisotopic (exact) mass is 163 g/mol. The molecule has 3 N–H and O–H groups in total. The lowest BCUT2D eigenvalue weighted by Gasteiger charge is -1.99. The van der Waals surface area contributed by atoms with Crippen LogP contribution >= 0.6 is 11.6 Å². The van der Waals surface area contributed by atoms with Crippen LogP contribution in [-0.2, 0) is 4.79 Å². The van der Waals surface area contributed by atoms with Crippen molar-refractivity contribution in [2.75, 3.05) is 5.88 Å². The molecule has 0 atom stereocenters. The summed E-state index contributed by atoms with van der Waals surface area (Å²) in [6, 6.07) is 0. The van der Waals surface area contributed by atoms with Crippen LogP contribution in [0.15, 0.2) is 11.3 Å². The molecule has 4 heteroatoms. The predicted octanol–water partition coefficient (Wildman–Crippen LogP) is 0.933. The Morgan fingerprint density at radius 1 is 1.70 bits per heavy atom. The molecule has 0 unspecified atom stereocenters. The van der Waals surface area contributed by atoms with Gasteiger partial charge in [0.2, 0.25) is 0 Å². The van der Waals surface area contributed by atoms with E-state index in [-0.39, 0.29) is 11.5 Å². The first-order valence-electron chi connectivity index (χ1n) is 2.84. The van der Waals surface area contributed by atoms with Gasteiger partial charge in [0, 0.05) is 11.6 Å². The van der Waals surface area contributed by atoms with E-state index in [0.717, 1.165) is 0 Å². The van der Waals surface area contributed by atoms with Crippen molar-refractivity contribution in [1.29, 1.82) is 0 Å². The first-order valence-corrected chi connectivity index (χ1v) is 3.37. The average molecular weight is 164 g/mol. The van der Waals surface area contributed by atoms with Crippen LogP contribution < -0.4 is 5.73 Å². The van der Waals surface area contributed by atoms with Crippen molar-refractivity contribution in [2.45, 2.75) is 13.3 Å². The lowest BCUT2D eigenvalue weighted by Crippen LogP contribution is -2.08. The Morgan fingerprint density at radius 2 is 2.20 bits per heavy atom. The zero-order chi connectivity index (χ0) is 8.15. The van der Waals surface area contributed by atoms with Crippen LogP contribution in [0.1, 0.15) is 13.3 Å². The Kier molecular flexibility index (Phi) is 3.88. The molecule has 10 heavy (non-hydrogen) atoms. The Labute approximate surface area is 64.5 Å². The number of carboxylic acid groups (broad SMARTS) is 1. The van der Waals surface area contributed by atoms with Crippen LogP contribution in [-0.4, -0.2) is 17.0 Å². The van der Waals surface area contributed by atoms with E-state index in [0.29, 0.717) is 12.1 Å². The van der Waals surface area contributed by atoms with Gasteiger partial charge in [0.15, 0.2) is 0 Å². The Balaban J connectivity index is 4.28. The van der Waals surface area contributed by atoms with Crippen molar-refractivity contribution in [1.82, 2.24) is 0 Å². The molecule has 0 radical (unpaired) electrons. The molecule has 0 aromatic carbocycles. The van der Waals surface area contributed by atoms with Gasteiger partial charge in [0.1, 0.15) is 0 Å². The molecule has 0 rings (SSSR count). The molecule has 0 aromatic rings. The third-order valence-corrected chi connectivity index (χ3v) is 1.27. The predicted molar refractivity (Wildman–Crippen MR) is 39.9 cm³/mol. The second kappa shape index (κ2) is 4.17. The summed E-state index contributed by atoms with van der Waals surface area (Å²) in [5.74, 6) is -0.698. The number of carboxylic acids is 1. The van der Waals surface area contributed by atoms with E-state index < -0.39 is 5.97 Å². The van der Waals surface area contributed by atoms with Crippen molar-refractivity contribution in [3.8, 4) is 0 Å². The van der Waals surface area contributed by atoms with Gasteiger partial charge >= 0.3 is 5.97 Å². The van der Waals surface area contributed by atoms with Gasteiger partial charge in [0.05, 0.1) is 5.57 Å². The average Bonchev–Trinajstić information content (AvgIpc) is 1.81. The maximum atomic E-state index is 10.3. The molecule has 0 spiro atoms. The van der Waals surface area contributed by atoms with E-state index >= 15 is 0 Å². The van der Waals surface area contributed by atoms with Crippen LogP contribution in [0.3, 0.4) is 0 Å². The molecule has 0 aromatic heterocycles. The van der Waals surface area contributed by atoms with E-state index in [1.807, 2.05) is 0 Å². The zero-order valence-corrected chi connectivity index (χ0v) is 6.48. The number of allylic oxidation sites excluding steroid dienone is 1. The van der Waals surface area contributed by atoms with Crippen molar-refractivity contribution in [3.63, 3.8) is 0 Å². The number of carbonyl (C=O) groups is 1. The summed E-state index contributed by atoms with van der Waals surface area (Å²) in [7, 11) is 0. The molecule has 0 aliphatic rings. The fourth-order valence-electron chi connectivity index (χ4n) is 0.567. The molecule has 0 amide bonds. The Morgan fingerprint density at radius 3 is 2.30 bits per heavy atom. The molecule has 0 bridgehead atoms. The van der Waals surface area contributed by atoms with Crippen LogP contribution in [0.4, 0.5) is 0 Å². The number of hydrogen-bond acceptors (Lipinski definition) is 2. The minimum Gasteiger partial charge on any atom is -0.478 e. The van der Waals surface area contributed by atoms with Crippen molar-refractivity contribution in [3.05, 3.63) is 11.3 Å². The lowest BCUT2D eigenvalue weighted by molar-refractivity contribution is -0.132. The Hall–Kier alpha value is -0.700. The lowest BCUT2D eigenvalue weighted by atomic mass is 10.2. The summed E-state index contributed by atoms with van der Waals surface area (Å²) < 4.78 is 0. The topological polar surface area (TPSA) is 63.3 Å². The van der Waals surface area contributed by atoms with Crippen LogP contribution in [0, 0.1) is 0 Å². The minimum absolute atomic E-state index is 0.204. The zero-order valence-electron chi connectivity index (χ0n) is 5.72. The summed E-state index contributed by atoms with van der Waals surface area (Å²) in [5, 5.41) is 8.48. The SMILES string of the molecule is CC(N)=C(CCCl)C(=O)O. The summed E-state index contributed by atoms with van der Waals surface area (Å²) in [5.41, 5.74) is 5.79. The van der Waals surface area contributed by atoms with Crippen molar-refractivity contribution in [2.24, 2.45) is 5.73 Å². The first kappa shape index (κ1) is 9.30. The molecule has 0 fully saturated rings. The largest absolute Gasteiger partial charge is 0.478 e. The highest BCUT2D eigenvalue weighted by molar-refractivity contribution is 6.18. The summed E-state index contributed by atoms with van der Waals surface area (Å²) in [6.45, 7) is 1.55. The molecule has 0 heterocycles. The molecule has 0 saturated carbocycles. The van der Waals surface area contributed by atoms with Crippen molar-refractivity contribution < 1.29 is 9.90 Å². The van der Waals surface area contributed by atoms with Crippen LogP contribution in [0.2, 0.25) is 0 Å². The summed E-state index contributed by atoms with van der Waals surface area (Å²) >= 11 is 5.33. The van der Waals surface area contributed by atoms with Crippen molar-refractivity contribution >= 4 is 17.6 Å². The summed E-state index contributed by atoms with van der Waals surface area (Å²) in [6.07, 6.45) is 0.319. The van der Waals surface area contributed by atoms with Gasteiger partial charge in [-0.15, -0.1) is 11.6 Å². The fraction of sp³-hybridized carbons (Fsp3) is 0.500. The van der Waals surface area contributed by atoms with E-state index in [2.05, 4.69) is 0 Å². The van der Waals surface area contributed by atoms with Gasteiger partial charge in [-0.2, -0.15) is 0 Å². The molecule has 3 nitrogen and oxygen atoms in total. The number of nitrogens with two attached hydrogens (primary N) is 1. The molecule has 0 aliphatic carbocycles. The number of alkyl halides is 1. The second-order valence-electron chi connectivity index (χ2n) is 1.91. The van der Waals surface area contributed by atoms with Crippen LogP contribution in [0.5, 0.6) is 0 Å². The first-order chi connectivity index (χ1) is 4.59. The standard InChI is InChI=1S/C6H10ClNO2/c1-4(8)5(2-3-7)6(9)10/h2-3,8H2,1H3,(H,9,10). The van der Waals surface area contributed by atoms with Gasteiger partial charge < -0.3 is 10.8 Å². The molecular weight excluding hydrogens is 154 g/mol. The number of hydrogen-bond donors (Lipinski definition) is 2. The van der Waals surface area contributed by atoms with Crippen LogP contribution in [0.25, 0.3) is 0 Å². The van der Waals surface area contributed by atoms with E-state index in [4.69, 9.17) is 22.4 Å². The van der Waals surface area contributed by atoms with E-state index in [9.17, 15) is 4.79 Å². The number of rotatable bonds is 3. The quantitative estimate of drug-likeness (QED) is 0.481. The second-order valence-corrected chi connectivity index (χ2v) is 2.28. The third-order valence-electron chi connectivity index (χ3n) is 1.08. The third kappa shape index (κ3) is 2.73. The summed E-state index contributed by atoms with van der Waals surface area (Å²) in [4.78, 5) is 10.3.